The first-order valence-corrected chi connectivity index (χ1v) is 7.86. The van der Waals surface area contributed by atoms with Crippen LogP contribution < -0.4 is 5.73 Å². The Labute approximate surface area is 127 Å². The monoisotopic (exact) mass is 304 g/mol. The lowest BCUT2D eigenvalue weighted by Gasteiger charge is -2.24. The number of likely N-dealkylation sites (tertiary alicyclic amines) is 1. The molecular formula is C16H17FN2OS. The van der Waals surface area contributed by atoms with Crippen molar-refractivity contribution in [1.82, 2.24) is 4.90 Å². The highest BCUT2D eigenvalue weighted by Gasteiger charge is 2.31. The predicted octanol–water partition coefficient (Wildman–Crippen LogP) is 3.76. The van der Waals surface area contributed by atoms with Gasteiger partial charge in [0.1, 0.15) is 5.82 Å². The van der Waals surface area contributed by atoms with E-state index in [2.05, 4.69) is 0 Å². The highest BCUT2D eigenvalue weighted by Crippen LogP contribution is 2.35. The number of nitrogens with two attached hydrogens (primary N) is 1. The minimum Gasteiger partial charge on any atom is -0.398 e. The fourth-order valence-electron chi connectivity index (χ4n) is 2.78. The van der Waals surface area contributed by atoms with E-state index in [9.17, 15) is 9.18 Å². The Morgan fingerprint density at radius 3 is 2.95 bits per heavy atom. The third-order valence-electron chi connectivity index (χ3n) is 4.02. The van der Waals surface area contributed by atoms with E-state index < -0.39 is 5.82 Å². The van der Waals surface area contributed by atoms with Crippen LogP contribution in [0.2, 0.25) is 0 Å². The molecule has 1 unspecified atom stereocenters. The SMILES string of the molecule is Cc1c(N)cc(C(=O)N2CCCC2c2cccs2)cc1F. The first-order chi connectivity index (χ1) is 10.1. The van der Waals surface area contributed by atoms with E-state index >= 15 is 0 Å². The molecule has 3 rings (SSSR count). The van der Waals surface area contributed by atoms with Gasteiger partial charge in [-0.1, -0.05) is 6.07 Å². The summed E-state index contributed by atoms with van der Waals surface area (Å²) in [5.41, 5.74) is 6.83. The van der Waals surface area contributed by atoms with E-state index in [1.165, 1.54) is 10.9 Å². The lowest BCUT2D eigenvalue weighted by molar-refractivity contribution is 0.0737. The molecule has 1 aliphatic rings. The van der Waals surface area contributed by atoms with Gasteiger partial charge in [-0.05, 0) is 43.3 Å². The molecule has 0 spiro atoms. The lowest BCUT2D eigenvalue weighted by Crippen LogP contribution is -2.30. The fraction of sp³-hybridized carbons (Fsp3) is 0.312. The molecule has 1 amide bonds. The van der Waals surface area contributed by atoms with Gasteiger partial charge in [-0.2, -0.15) is 0 Å². The summed E-state index contributed by atoms with van der Waals surface area (Å²) >= 11 is 1.65. The lowest BCUT2D eigenvalue weighted by atomic mass is 10.1. The summed E-state index contributed by atoms with van der Waals surface area (Å²) in [4.78, 5) is 15.7. The molecule has 0 bridgehead atoms. The molecule has 1 aromatic carbocycles. The normalized spacial score (nSPS) is 18.2. The predicted molar refractivity (Wildman–Crippen MR) is 82.9 cm³/mol. The summed E-state index contributed by atoms with van der Waals surface area (Å²) in [5, 5.41) is 2.01. The van der Waals surface area contributed by atoms with Crippen LogP contribution in [0.15, 0.2) is 29.6 Å². The molecule has 0 radical (unpaired) electrons. The zero-order chi connectivity index (χ0) is 15.0. The zero-order valence-electron chi connectivity index (χ0n) is 11.8. The number of anilines is 1. The molecule has 1 saturated heterocycles. The van der Waals surface area contributed by atoms with Gasteiger partial charge in [0, 0.05) is 28.2 Å². The number of halogens is 1. The Kier molecular flexibility index (Phi) is 3.68. The second-order valence-corrected chi connectivity index (χ2v) is 6.32. The Bertz CT molecular complexity index is 646. The third-order valence-corrected chi connectivity index (χ3v) is 4.99. The Balaban J connectivity index is 1.91. The van der Waals surface area contributed by atoms with Crippen molar-refractivity contribution in [1.29, 1.82) is 0 Å². The summed E-state index contributed by atoms with van der Waals surface area (Å²) in [5.74, 6) is -0.568. The molecular weight excluding hydrogens is 287 g/mol. The van der Waals surface area contributed by atoms with Crippen molar-refractivity contribution in [3.05, 3.63) is 51.5 Å². The van der Waals surface area contributed by atoms with Crippen LogP contribution in [0.5, 0.6) is 0 Å². The van der Waals surface area contributed by atoms with Gasteiger partial charge in [-0.3, -0.25) is 4.79 Å². The summed E-state index contributed by atoms with van der Waals surface area (Å²) in [6.07, 6.45) is 1.92. The van der Waals surface area contributed by atoms with Crippen LogP contribution in [-0.4, -0.2) is 17.4 Å². The van der Waals surface area contributed by atoms with Crippen molar-refractivity contribution in [3.8, 4) is 0 Å². The first-order valence-electron chi connectivity index (χ1n) is 6.98. The maximum absolute atomic E-state index is 13.8. The van der Waals surface area contributed by atoms with E-state index in [-0.39, 0.29) is 11.9 Å². The van der Waals surface area contributed by atoms with Gasteiger partial charge >= 0.3 is 0 Å². The van der Waals surface area contributed by atoms with Gasteiger partial charge < -0.3 is 10.6 Å². The molecule has 1 aromatic heterocycles. The second-order valence-electron chi connectivity index (χ2n) is 5.34. The zero-order valence-corrected chi connectivity index (χ0v) is 12.6. The first kappa shape index (κ1) is 14.1. The van der Waals surface area contributed by atoms with Gasteiger partial charge in [0.25, 0.3) is 5.91 Å². The number of nitrogen functional groups attached to an aromatic ring is 1. The van der Waals surface area contributed by atoms with Crippen LogP contribution >= 0.6 is 11.3 Å². The van der Waals surface area contributed by atoms with E-state index in [0.717, 1.165) is 12.8 Å². The van der Waals surface area contributed by atoms with Crippen LogP contribution in [0.1, 0.15) is 39.7 Å². The van der Waals surface area contributed by atoms with Crippen LogP contribution in [0, 0.1) is 12.7 Å². The van der Waals surface area contributed by atoms with Gasteiger partial charge in [0.2, 0.25) is 0 Å². The van der Waals surface area contributed by atoms with Crippen LogP contribution in [0.4, 0.5) is 10.1 Å². The Hall–Kier alpha value is -1.88. The Morgan fingerprint density at radius 2 is 2.29 bits per heavy atom. The van der Waals surface area contributed by atoms with E-state index in [1.54, 1.807) is 24.3 Å². The molecule has 5 heteroatoms. The quantitative estimate of drug-likeness (QED) is 0.859. The molecule has 2 aromatic rings. The van der Waals surface area contributed by atoms with E-state index in [0.29, 0.717) is 23.4 Å². The number of nitrogens with zero attached hydrogens (tertiary/aromatic N) is 1. The summed E-state index contributed by atoms with van der Waals surface area (Å²) in [7, 11) is 0. The molecule has 2 N–H and O–H groups in total. The van der Waals surface area contributed by atoms with Gasteiger partial charge in [-0.25, -0.2) is 4.39 Å². The summed E-state index contributed by atoms with van der Waals surface area (Å²) in [6.45, 7) is 2.32. The van der Waals surface area contributed by atoms with Crippen LogP contribution in [-0.2, 0) is 0 Å². The molecule has 0 aliphatic carbocycles. The van der Waals surface area contributed by atoms with Crippen LogP contribution in [0.3, 0.4) is 0 Å². The van der Waals surface area contributed by atoms with Crippen molar-refractivity contribution >= 4 is 22.9 Å². The van der Waals surface area contributed by atoms with Gasteiger partial charge in [0.05, 0.1) is 6.04 Å². The molecule has 1 atom stereocenters. The van der Waals surface area contributed by atoms with Crippen molar-refractivity contribution in [2.45, 2.75) is 25.8 Å². The molecule has 110 valence electrons. The van der Waals surface area contributed by atoms with Crippen LogP contribution in [0.25, 0.3) is 0 Å². The number of hydrogen-bond acceptors (Lipinski definition) is 3. The molecule has 2 heterocycles. The smallest absolute Gasteiger partial charge is 0.254 e. The van der Waals surface area contributed by atoms with Gasteiger partial charge in [0.15, 0.2) is 0 Å². The molecule has 3 nitrogen and oxygen atoms in total. The number of carbonyl (C=O) groups excluding carboxylic acids is 1. The minimum atomic E-state index is -0.426. The topological polar surface area (TPSA) is 46.3 Å². The van der Waals surface area contributed by atoms with Crippen molar-refractivity contribution in [2.75, 3.05) is 12.3 Å². The highest BCUT2D eigenvalue weighted by molar-refractivity contribution is 7.10. The molecule has 21 heavy (non-hydrogen) atoms. The average molecular weight is 304 g/mol. The summed E-state index contributed by atoms with van der Waals surface area (Å²) in [6, 6.07) is 7.00. The standard InChI is InChI=1S/C16H17FN2OS/c1-10-12(17)8-11(9-13(10)18)16(20)19-6-2-4-14(19)15-5-3-7-21-15/h3,5,7-9,14H,2,4,6,18H2,1H3. The number of benzene rings is 1. The number of thiophene rings is 1. The molecule has 1 fully saturated rings. The number of rotatable bonds is 2. The third kappa shape index (κ3) is 2.53. The Morgan fingerprint density at radius 1 is 1.48 bits per heavy atom. The fourth-order valence-corrected chi connectivity index (χ4v) is 3.65. The summed E-state index contributed by atoms with van der Waals surface area (Å²) < 4.78 is 13.8. The van der Waals surface area contributed by atoms with Gasteiger partial charge in [-0.15, -0.1) is 11.3 Å². The molecule has 1 aliphatic heterocycles. The van der Waals surface area contributed by atoms with Crippen molar-refractivity contribution in [3.63, 3.8) is 0 Å². The van der Waals surface area contributed by atoms with E-state index in [1.807, 2.05) is 22.4 Å². The highest BCUT2D eigenvalue weighted by atomic mass is 32.1. The number of amides is 1. The number of carbonyl (C=O) groups is 1. The maximum Gasteiger partial charge on any atom is 0.254 e. The van der Waals surface area contributed by atoms with Crippen molar-refractivity contribution in [2.24, 2.45) is 0 Å². The molecule has 0 saturated carbocycles. The minimum absolute atomic E-state index is 0.100. The number of hydrogen-bond donors (Lipinski definition) is 1. The second kappa shape index (κ2) is 5.48. The largest absolute Gasteiger partial charge is 0.398 e. The van der Waals surface area contributed by atoms with Crippen molar-refractivity contribution < 1.29 is 9.18 Å². The van der Waals surface area contributed by atoms with E-state index in [4.69, 9.17) is 5.73 Å². The average Bonchev–Trinajstić information content (AvgIpc) is 3.13. The maximum atomic E-state index is 13.8.